The topological polar surface area (TPSA) is 99.0 Å². The summed E-state index contributed by atoms with van der Waals surface area (Å²) < 4.78 is 0. The van der Waals surface area contributed by atoms with Gasteiger partial charge in [-0.15, -0.1) is 11.3 Å². The molecule has 1 rings (SSSR count). The van der Waals surface area contributed by atoms with Crippen LogP contribution < -0.4 is 0 Å². The first kappa shape index (κ1) is 10.2. The Morgan fingerprint density at radius 3 is 3.00 bits per heavy atom. The fourth-order valence-corrected chi connectivity index (χ4v) is 1.34. The highest BCUT2D eigenvalue weighted by atomic mass is 32.1. The number of carboxylic acid groups (broad SMARTS) is 1. The van der Waals surface area contributed by atoms with E-state index in [9.17, 15) is 4.79 Å². The third-order valence-electron chi connectivity index (χ3n) is 1.29. The van der Waals surface area contributed by atoms with Crippen LogP contribution in [0.2, 0.25) is 0 Å². The molecule has 0 atom stereocenters. The zero-order chi connectivity index (χ0) is 10.6. The molecule has 6 nitrogen and oxygen atoms in total. The number of azide groups is 1. The smallest absolute Gasteiger partial charge is 0.338 e. The Labute approximate surface area is 83.2 Å². The van der Waals surface area contributed by atoms with Crippen LogP contribution in [0.1, 0.15) is 10.7 Å². The molecule has 0 bridgehead atoms. The van der Waals surface area contributed by atoms with Crippen LogP contribution in [0.15, 0.2) is 16.2 Å². The first-order valence-corrected chi connectivity index (χ1v) is 4.43. The molecule has 72 valence electrons. The number of aromatic nitrogens is 1. The fourth-order valence-electron chi connectivity index (χ4n) is 0.768. The van der Waals surface area contributed by atoms with E-state index in [2.05, 4.69) is 15.0 Å². The molecule has 0 aliphatic heterocycles. The number of nitrogens with zero attached hydrogens (tertiary/aromatic N) is 4. The molecule has 1 aromatic heterocycles. The van der Waals surface area contributed by atoms with Crippen LogP contribution >= 0.6 is 11.3 Å². The summed E-state index contributed by atoms with van der Waals surface area (Å²) in [6.07, 6.45) is 1.23. The number of hydrogen-bond acceptors (Lipinski definition) is 4. The first-order valence-electron chi connectivity index (χ1n) is 3.55. The quantitative estimate of drug-likeness (QED) is 0.358. The van der Waals surface area contributed by atoms with Gasteiger partial charge in [0, 0.05) is 10.3 Å². The van der Waals surface area contributed by atoms with E-state index in [0.29, 0.717) is 5.69 Å². The highest BCUT2D eigenvalue weighted by Gasteiger charge is 2.05. The van der Waals surface area contributed by atoms with Gasteiger partial charge in [-0.3, -0.25) is 0 Å². The normalized spacial score (nSPS) is 10.8. The van der Waals surface area contributed by atoms with Gasteiger partial charge in [0.1, 0.15) is 5.70 Å². The Hall–Kier alpha value is -1.85. The second-order valence-corrected chi connectivity index (χ2v) is 3.38. The number of thiazole rings is 1. The summed E-state index contributed by atoms with van der Waals surface area (Å²) in [7, 11) is 0. The lowest BCUT2D eigenvalue weighted by atomic mass is 10.3. The van der Waals surface area contributed by atoms with Gasteiger partial charge >= 0.3 is 5.97 Å². The van der Waals surface area contributed by atoms with Crippen molar-refractivity contribution in [3.63, 3.8) is 0 Å². The lowest BCUT2D eigenvalue weighted by molar-refractivity contribution is -0.132. The van der Waals surface area contributed by atoms with Crippen LogP contribution in [0.5, 0.6) is 0 Å². The third kappa shape index (κ3) is 2.58. The summed E-state index contributed by atoms with van der Waals surface area (Å²) >= 11 is 1.39. The van der Waals surface area contributed by atoms with Gasteiger partial charge in [-0.05, 0) is 18.5 Å². The van der Waals surface area contributed by atoms with Crippen molar-refractivity contribution in [3.8, 4) is 0 Å². The average molecular weight is 210 g/mol. The predicted octanol–water partition coefficient (Wildman–Crippen LogP) is 2.19. The maximum atomic E-state index is 10.5. The van der Waals surface area contributed by atoms with E-state index in [-0.39, 0.29) is 5.70 Å². The van der Waals surface area contributed by atoms with Gasteiger partial charge in [-0.1, -0.05) is 5.11 Å². The number of hydrogen-bond donors (Lipinski definition) is 1. The summed E-state index contributed by atoms with van der Waals surface area (Å²) in [5.41, 5.74) is 8.23. The Morgan fingerprint density at radius 2 is 2.57 bits per heavy atom. The lowest BCUT2D eigenvalue weighted by Crippen LogP contribution is -1.96. The number of carbonyl (C=O) groups is 1. The van der Waals surface area contributed by atoms with E-state index >= 15 is 0 Å². The second-order valence-electron chi connectivity index (χ2n) is 2.32. The summed E-state index contributed by atoms with van der Waals surface area (Å²) in [5.74, 6) is -1.27. The average Bonchev–Trinajstić information content (AvgIpc) is 2.50. The van der Waals surface area contributed by atoms with Crippen LogP contribution in [0.3, 0.4) is 0 Å². The SMILES string of the molecule is Cc1nc(/C=C(/N=[N+]=[N-])C(=O)O)cs1. The molecule has 0 aliphatic rings. The highest BCUT2D eigenvalue weighted by molar-refractivity contribution is 7.09. The third-order valence-corrected chi connectivity index (χ3v) is 2.08. The largest absolute Gasteiger partial charge is 0.478 e. The van der Waals surface area contributed by atoms with E-state index in [0.717, 1.165) is 5.01 Å². The zero-order valence-corrected chi connectivity index (χ0v) is 8.02. The predicted molar refractivity (Wildman–Crippen MR) is 51.6 cm³/mol. The minimum Gasteiger partial charge on any atom is -0.478 e. The standard InChI is InChI=1S/C7H6N4O2S/c1-4-9-5(3-14-4)2-6(7(12)13)10-11-8/h2-3H,1H3,(H,12,13)/b6-2+. The van der Waals surface area contributed by atoms with Crippen LogP contribution in [0.4, 0.5) is 0 Å². The summed E-state index contributed by atoms with van der Waals surface area (Å²) in [5, 5.41) is 14.2. The maximum Gasteiger partial charge on any atom is 0.338 e. The van der Waals surface area contributed by atoms with Gasteiger partial charge in [0.2, 0.25) is 0 Å². The van der Waals surface area contributed by atoms with Crippen molar-refractivity contribution in [3.05, 3.63) is 32.2 Å². The second kappa shape index (κ2) is 4.40. The highest BCUT2D eigenvalue weighted by Crippen LogP contribution is 2.12. The Bertz CT molecular complexity index is 427. The summed E-state index contributed by atoms with van der Waals surface area (Å²) in [6, 6.07) is 0. The zero-order valence-electron chi connectivity index (χ0n) is 7.21. The molecule has 1 heterocycles. The number of rotatable bonds is 3. The molecule has 7 heteroatoms. The van der Waals surface area contributed by atoms with Gasteiger partial charge in [0.05, 0.1) is 10.7 Å². The molecule has 0 saturated heterocycles. The molecule has 0 amide bonds. The monoisotopic (exact) mass is 210 g/mol. The molecule has 1 aromatic rings. The Morgan fingerprint density at radius 1 is 1.86 bits per heavy atom. The minimum atomic E-state index is -1.27. The summed E-state index contributed by atoms with van der Waals surface area (Å²) in [6.45, 7) is 1.80. The molecule has 14 heavy (non-hydrogen) atoms. The van der Waals surface area contributed by atoms with Crippen LogP contribution in [-0.2, 0) is 4.79 Å². The van der Waals surface area contributed by atoms with Gasteiger partial charge in [-0.2, -0.15) is 0 Å². The molecule has 0 aliphatic carbocycles. The van der Waals surface area contributed by atoms with Crippen molar-refractivity contribution >= 4 is 23.4 Å². The summed E-state index contributed by atoms with van der Waals surface area (Å²) in [4.78, 5) is 17.0. The van der Waals surface area contributed by atoms with Crippen molar-refractivity contribution < 1.29 is 9.90 Å². The van der Waals surface area contributed by atoms with Crippen LogP contribution in [0, 0.1) is 6.92 Å². The minimum absolute atomic E-state index is 0.363. The Kier molecular flexibility index (Phi) is 3.22. The van der Waals surface area contributed by atoms with E-state index < -0.39 is 5.97 Å². The lowest BCUT2D eigenvalue weighted by Gasteiger charge is -1.89. The molecular weight excluding hydrogens is 204 g/mol. The van der Waals surface area contributed by atoms with Gasteiger partial charge in [-0.25, -0.2) is 9.78 Å². The number of aryl methyl sites for hydroxylation is 1. The first-order chi connectivity index (χ1) is 6.63. The molecule has 0 spiro atoms. The van der Waals surface area contributed by atoms with Crippen molar-refractivity contribution in [2.24, 2.45) is 5.11 Å². The van der Waals surface area contributed by atoms with Crippen molar-refractivity contribution in [2.75, 3.05) is 0 Å². The maximum absolute atomic E-state index is 10.5. The molecule has 0 radical (unpaired) electrons. The van der Waals surface area contributed by atoms with Crippen molar-refractivity contribution in [1.82, 2.24) is 4.98 Å². The van der Waals surface area contributed by atoms with Gasteiger partial charge < -0.3 is 5.11 Å². The van der Waals surface area contributed by atoms with Crippen molar-refractivity contribution in [1.29, 1.82) is 0 Å². The van der Waals surface area contributed by atoms with E-state index in [1.807, 2.05) is 0 Å². The Balaban J connectivity index is 3.04. The van der Waals surface area contributed by atoms with E-state index in [1.165, 1.54) is 17.4 Å². The molecule has 0 fully saturated rings. The van der Waals surface area contributed by atoms with E-state index in [4.69, 9.17) is 10.6 Å². The fraction of sp³-hybridized carbons (Fsp3) is 0.143. The molecule has 0 aromatic carbocycles. The van der Waals surface area contributed by atoms with Crippen molar-refractivity contribution in [2.45, 2.75) is 6.92 Å². The molecular formula is C7H6N4O2S. The number of aliphatic carboxylic acids is 1. The van der Waals surface area contributed by atoms with Gasteiger partial charge in [0.25, 0.3) is 0 Å². The van der Waals surface area contributed by atoms with Crippen LogP contribution in [0.25, 0.3) is 16.5 Å². The van der Waals surface area contributed by atoms with E-state index in [1.54, 1.807) is 12.3 Å². The van der Waals surface area contributed by atoms with Crippen LogP contribution in [-0.4, -0.2) is 16.1 Å². The molecule has 0 saturated carbocycles. The molecule has 1 N–H and O–H groups in total. The number of carboxylic acids is 1. The van der Waals surface area contributed by atoms with Gasteiger partial charge in [0.15, 0.2) is 0 Å². The molecule has 0 unspecified atom stereocenters.